The van der Waals surface area contributed by atoms with Crippen molar-refractivity contribution in [1.82, 2.24) is 4.90 Å². The molecule has 108 valence electrons. The molecule has 2 aliphatic rings. The fourth-order valence-corrected chi connectivity index (χ4v) is 3.73. The predicted octanol–water partition coefficient (Wildman–Crippen LogP) is 2.52. The molecule has 2 fully saturated rings. The molecule has 3 nitrogen and oxygen atoms in total. The number of benzene rings is 1. The van der Waals surface area contributed by atoms with E-state index >= 15 is 0 Å². The normalized spacial score (nSPS) is 27.8. The minimum Gasteiger partial charge on any atom is -0.341 e. The summed E-state index contributed by atoms with van der Waals surface area (Å²) < 4.78 is 0. The first kappa shape index (κ1) is 13.6. The number of hydrogen-bond acceptors (Lipinski definition) is 2. The number of likely N-dealkylation sites (tertiary alicyclic amines) is 1. The molecule has 2 atom stereocenters. The minimum atomic E-state index is 0.0662. The molecule has 3 heteroatoms. The Bertz CT molecular complexity index is 453. The monoisotopic (exact) mass is 272 g/mol. The third-order valence-electron chi connectivity index (χ3n) is 4.90. The SMILES string of the molecule is NC1CN(C(=O)C2CCCC2)CCC1c1ccccc1. The summed E-state index contributed by atoms with van der Waals surface area (Å²) >= 11 is 0. The smallest absolute Gasteiger partial charge is 0.225 e. The highest BCUT2D eigenvalue weighted by atomic mass is 16.2. The molecule has 0 spiro atoms. The molecule has 1 amide bonds. The Balaban J connectivity index is 1.63. The first-order valence-corrected chi connectivity index (χ1v) is 7.85. The number of piperidine rings is 1. The summed E-state index contributed by atoms with van der Waals surface area (Å²) in [6.07, 6.45) is 5.56. The van der Waals surface area contributed by atoms with Crippen molar-refractivity contribution in [3.8, 4) is 0 Å². The van der Waals surface area contributed by atoms with Gasteiger partial charge in [0.1, 0.15) is 0 Å². The molecule has 0 aromatic heterocycles. The van der Waals surface area contributed by atoms with Crippen LogP contribution in [0.15, 0.2) is 30.3 Å². The van der Waals surface area contributed by atoms with Gasteiger partial charge in [0.05, 0.1) is 0 Å². The molecule has 2 unspecified atom stereocenters. The van der Waals surface area contributed by atoms with Gasteiger partial charge < -0.3 is 10.6 Å². The van der Waals surface area contributed by atoms with Gasteiger partial charge in [-0.2, -0.15) is 0 Å². The van der Waals surface area contributed by atoms with Crippen molar-refractivity contribution < 1.29 is 4.79 Å². The Morgan fingerprint density at radius 2 is 1.80 bits per heavy atom. The van der Waals surface area contributed by atoms with Gasteiger partial charge in [-0.05, 0) is 24.8 Å². The summed E-state index contributed by atoms with van der Waals surface area (Å²) in [5.74, 6) is 1.02. The summed E-state index contributed by atoms with van der Waals surface area (Å²) in [6, 6.07) is 10.5. The highest BCUT2D eigenvalue weighted by Gasteiger charge is 2.33. The van der Waals surface area contributed by atoms with E-state index in [-0.39, 0.29) is 12.0 Å². The molecule has 20 heavy (non-hydrogen) atoms. The van der Waals surface area contributed by atoms with Crippen molar-refractivity contribution in [3.63, 3.8) is 0 Å². The van der Waals surface area contributed by atoms with Crippen molar-refractivity contribution in [2.24, 2.45) is 11.7 Å². The van der Waals surface area contributed by atoms with Crippen LogP contribution < -0.4 is 5.73 Å². The Kier molecular flexibility index (Phi) is 4.06. The molecule has 0 radical (unpaired) electrons. The molecule has 1 heterocycles. The van der Waals surface area contributed by atoms with Gasteiger partial charge in [0.2, 0.25) is 5.91 Å². The number of nitrogens with two attached hydrogens (primary N) is 1. The van der Waals surface area contributed by atoms with Gasteiger partial charge in [-0.25, -0.2) is 0 Å². The topological polar surface area (TPSA) is 46.3 Å². The summed E-state index contributed by atoms with van der Waals surface area (Å²) in [5.41, 5.74) is 7.66. The molecule has 1 aromatic carbocycles. The molecule has 1 saturated heterocycles. The zero-order valence-electron chi connectivity index (χ0n) is 12.0. The predicted molar refractivity (Wildman–Crippen MR) is 80.3 cm³/mol. The number of rotatable bonds is 2. The average Bonchev–Trinajstić information content (AvgIpc) is 3.01. The summed E-state index contributed by atoms with van der Waals surface area (Å²) in [5, 5.41) is 0. The lowest BCUT2D eigenvalue weighted by Gasteiger charge is -2.38. The van der Waals surface area contributed by atoms with Crippen molar-refractivity contribution in [2.75, 3.05) is 13.1 Å². The van der Waals surface area contributed by atoms with E-state index in [1.807, 2.05) is 11.0 Å². The van der Waals surface area contributed by atoms with Crippen LogP contribution in [-0.2, 0) is 4.79 Å². The van der Waals surface area contributed by atoms with Crippen LogP contribution >= 0.6 is 0 Å². The van der Waals surface area contributed by atoms with Gasteiger partial charge in [-0.1, -0.05) is 43.2 Å². The first-order valence-electron chi connectivity index (χ1n) is 7.85. The molecule has 0 bridgehead atoms. The summed E-state index contributed by atoms with van der Waals surface area (Å²) in [7, 11) is 0. The molecule has 2 N–H and O–H groups in total. The fourth-order valence-electron chi connectivity index (χ4n) is 3.73. The lowest BCUT2D eigenvalue weighted by molar-refractivity contribution is -0.136. The van der Waals surface area contributed by atoms with E-state index in [9.17, 15) is 4.79 Å². The van der Waals surface area contributed by atoms with Crippen LogP contribution in [0.2, 0.25) is 0 Å². The fraction of sp³-hybridized carbons (Fsp3) is 0.588. The van der Waals surface area contributed by atoms with E-state index in [2.05, 4.69) is 24.3 Å². The highest BCUT2D eigenvalue weighted by molar-refractivity contribution is 5.79. The zero-order valence-corrected chi connectivity index (χ0v) is 12.0. The van der Waals surface area contributed by atoms with Crippen LogP contribution in [0, 0.1) is 5.92 Å². The van der Waals surface area contributed by atoms with E-state index in [0.29, 0.717) is 11.8 Å². The zero-order chi connectivity index (χ0) is 13.9. The number of carbonyl (C=O) groups is 1. The second-order valence-electron chi connectivity index (χ2n) is 6.24. The van der Waals surface area contributed by atoms with Gasteiger partial charge in [0.15, 0.2) is 0 Å². The molecule has 1 aromatic rings. The largest absolute Gasteiger partial charge is 0.341 e. The lowest BCUT2D eigenvalue weighted by atomic mass is 9.85. The molecule has 1 aliphatic carbocycles. The van der Waals surface area contributed by atoms with Crippen LogP contribution in [0.5, 0.6) is 0 Å². The van der Waals surface area contributed by atoms with Gasteiger partial charge in [0, 0.05) is 31.0 Å². The van der Waals surface area contributed by atoms with Crippen molar-refractivity contribution in [1.29, 1.82) is 0 Å². The second kappa shape index (κ2) is 5.96. The number of nitrogens with zero attached hydrogens (tertiary/aromatic N) is 1. The standard InChI is InChI=1S/C17H24N2O/c18-16-12-19(17(20)14-8-4-5-9-14)11-10-15(16)13-6-2-1-3-7-13/h1-3,6-7,14-16H,4-5,8-12,18H2. The third-order valence-corrected chi connectivity index (χ3v) is 4.90. The van der Waals surface area contributed by atoms with E-state index in [1.54, 1.807) is 0 Å². The second-order valence-corrected chi connectivity index (χ2v) is 6.24. The molecular weight excluding hydrogens is 248 g/mol. The summed E-state index contributed by atoms with van der Waals surface area (Å²) in [6.45, 7) is 1.58. The number of amides is 1. The van der Waals surface area contributed by atoms with E-state index in [0.717, 1.165) is 32.4 Å². The van der Waals surface area contributed by atoms with E-state index < -0.39 is 0 Å². The molecule has 1 aliphatic heterocycles. The first-order chi connectivity index (χ1) is 9.75. The maximum Gasteiger partial charge on any atom is 0.225 e. The van der Waals surface area contributed by atoms with Gasteiger partial charge in [-0.15, -0.1) is 0 Å². The lowest BCUT2D eigenvalue weighted by Crippen LogP contribution is -2.50. The molecular formula is C17H24N2O. The van der Waals surface area contributed by atoms with E-state index in [1.165, 1.54) is 18.4 Å². The highest BCUT2D eigenvalue weighted by Crippen LogP contribution is 2.31. The number of hydrogen-bond donors (Lipinski definition) is 1. The van der Waals surface area contributed by atoms with Gasteiger partial charge in [-0.3, -0.25) is 4.79 Å². The minimum absolute atomic E-state index is 0.0662. The van der Waals surface area contributed by atoms with Crippen molar-refractivity contribution in [3.05, 3.63) is 35.9 Å². The maximum absolute atomic E-state index is 12.5. The summed E-state index contributed by atoms with van der Waals surface area (Å²) in [4.78, 5) is 14.5. The van der Waals surface area contributed by atoms with Crippen LogP contribution in [0.4, 0.5) is 0 Å². The average molecular weight is 272 g/mol. The Hall–Kier alpha value is -1.35. The van der Waals surface area contributed by atoms with Crippen molar-refractivity contribution in [2.45, 2.75) is 44.1 Å². The third kappa shape index (κ3) is 2.73. The van der Waals surface area contributed by atoms with Crippen LogP contribution in [0.25, 0.3) is 0 Å². The van der Waals surface area contributed by atoms with Crippen LogP contribution in [0.1, 0.15) is 43.6 Å². The number of carbonyl (C=O) groups excluding carboxylic acids is 1. The Morgan fingerprint density at radius 3 is 2.45 bits per heavy atom. The van der Waals surface area contributed by atoms with Crippen molar-refractivity contribution >= 4 is 5.91 Å². The molecule has 3 rings (SSSR count). The van der Waals surface area contributed by atoms with Gasteiger partial charge >= 0.3 is 0 Å². The quantitative estimate of drug-likeness (QED) is 0.899. The van der Waals surface area contributed by atoms with Gasteiger partial charge in [0.25, 0.3) is 0 Å². The Labute approximate surface area is 121 Å². The van der Waals surface area contributed by atoms with Crippen LogP contribution in [0.3, 0.4) is 0 Å². The van der Waals surface area contributed by atoms with Crippen LogP contribution in [-0.4, -0.2) is 29.9 Å². The Morgan fingerprint density at radius 1 is 1.10 bits per heavy atom. The molecule has 1 saturated carbocycles. The maximum atomic E-state index is 12.5. The van der Waals surface area contributed by atoms with E-state index in [4.69, 9.17) is 5.73 Å².